The summed E-state index contributed by atoms with van der Waals surface area (Å²) in [6, 6.07) is 8.82. The molecule has 1 heterocycles. The van der Waals surface area contributed by atoms with Gasteiger partial charge in [-0.1, -0.05) is 19.1 Å². The number of nitrogens with two attached hydrogens (primary N) is 1. The Morgan fingerprint density at radius 2 is 1.96 bits per heavy atom. The monoisotopic (exact) mass is 324 g/mol. The van der Waals surface area contributed by atoms with Crippen molar-refractivity contribution in [2.45, 2.75) is 13.3 Å². The number of benzene rings is 1. The van der Waals surface area contributed by atoms with Crippen molar-refractivity contribution in [1.82, 2.24) is 4.98 Å². The van der Waals surface area contributed by atoms with Gasteiger partial charge in [0.25, 0.3) is 5.56 Å². The second-order valence-electron chi connectivity index (χ2n) is 4.90. The number of nitriles is 2. The molecular formula is C17H16N4O3. The quantitative estimate of drug-likeness (QED) is 0.868. The molecule has 0 spiro atoms. The molecule has 0 unspecified atom stereocenters. The third kappa shape index (κ3) is 2.88. The van der Waals surface area contributed by atoms with Crippen LogP contribution in [-0.4, -0.2) is 18.7 Å². The Kier molecular flexibility index (Phi) is 5.08. The third-order valence-corrected chi connectivity index (χ3v) is 3.39. The summed E-state index contributed by atoms with van der Waals surface area (Å²) >= 11 is 0. The van der Waals surface area contributed by atoms with Crippen LogP contribution in [0.2, 0.25) is 0 Å². The van der Waals surface area contributed by atoms with Gasteiger partial charge in [0.15, 0.2) is 11.5 Å². The molecule has 1 aromatic carbocycles. The first kappa shape index (κ1) is 16.9. The predicted octanol–water partition coefficient (Wildman–Crippen LogP) is 2.16. The van der Waals surface area contributed by atoms with Crippen molar-refractivity contribution in [3.8, 4) is 34.8 Å². The maximum atomic E-state index is 12.1. The fourth-order valence-corrected chi connectivity index (χ4v) is 2.34. The first-order chi connectivity index (χ1) is 11.6. The van der Waals surface area contributed by atoms with E-state index >= 15 is 0 Å². The SMILES string of the molecule is CCCOc1c(OC)cccc1-c1c(C#N)c(N)[nH]c(=O)c1C#N. The van der Waals surface area contributed by atoms with Crippen molar-refractivity contribution in [3.63, 3.8) is 0 Å². The molecule has 2 rings (SSSR count). The van der Waals surface area contributed by atoms with Gasteiger partial charge in [-0.2, -0.15) is 10.5 Å². The molecule has 7 nitrogen and oxygen atoms in total. The molecule has 0 saturated heterocycles. The molecule has 7 heteroatoms. The molecule has 0 aliphatic carbocycles. The van der Waals surface area contributed by atoms with Gasteiger partial charge in [-0.25, -0.2) is 0 Å². The lowest BCUT2D eigenvalue weighted by atomic mass is 9.95. The van der Waals surface area contributed by atoms with Gasteiger partial charge in [0.2, 0.25) is 0 Å². The molecule has 24 heavy (non-hydrogen) atoms. The Morgan fingerprint density at radius 3 is 2.54 bits per heavy atom. The van der Waals surface area contributed by atoms with Crippen molar-refractivity contribution in [3.05, 3.63) is 39.7 Å². The van der Waals surface area contributed by atoms with Gasteiger partial charge >= 0.3 is 0 Å². The van der Waals surface area contributed by atoms with E-state index < -0.39 is 5.56 Å². The fourth-order valence-electron chi connectivity index (χ4n) is 2.34. The Morgan fingerprint density at radius 1 is 1.25 bits per heavy atom. The molecule has 0 amide bonds. The van der Waals surface area contributed by atoms with Gasteiger partial charge in [0, 0.05) is 11.1 Å². The largest absolute Gasteiger partial charge is 0.493 e. The Balaban J connectivity index is 2.89. The minimum atomic E-state index is -0.659. The highest BCUT2D eigenvalue weighted by atomic mass is 16.5. The summed E-state index contributed by atoms with van der Waals surface area (Å²) in [5, 5.41) is 18.8. The first-order valence-electron chi connectivity index (χ1n) is 7.25. The molecule has 0 saturated carbocycles. The predicted molar refractivity (Wildman–Crippen MR) is 88.7 cm³/mol. The maximum absolute atomic E-state index is 12.1. The van der Waals surface area contributed by atoms with Crippen LogP contribution in [0.15, 0.2) is 23.0 Å². The molecule has 3 N–H and O–H groups in total. The van der Waals surface area contributed by atoms with Gasteiger partial charge in [-0.05, 0) is 12.5 Å². The van der Waals surface area contributed by atoms with Crippen LogP contribution in [0.4, 0.5) is 5.82 Å². The summed E-state index contributed by atoms with van der Waals surface area (Å²) in [5.41, 5.74) is 5.47. The summed E-state index contributed by atoms with van der Waals surface area (Å²) in [6.07, 6.45) is 0.755. The highest BCUT2D eigenvalue weighted by Gasteiger charge is 2.22. The van der Waals surface area contributed by atoms with Crippen LogP contribution in [0, 0.1) is 22.7 Å². The molecule has 1 aromatic heterocycles. The molecule has 0 atom stereocenters. The van der Waals surface area contributed by atoms with E-state index in [1.54, 1.807) is 18.2 Å². The smallest absolute Gasteiger partial charge is 0.268 e. The third-order valence-electron chi connectivity index (χ3n) is 3.39. The van der Waals surface area contributed by atoms with Crippen LogP contribution < -0.4 is 20.8 Å². The number of anilines is 1. The molecule has 0 fully saturated rings. The average Bonchev–Trinajstić information content (AvgIpc) is 2.59. The van der Waals surface area contributed by atoms with Crippen LogP contribution in [-0.2, 0) is 0 Å². The van der Waals surface area contributed by atoms with Crippen LogP contribution in [0.1, 0.15) is 24.5 Å². The number of pyridine rings is 1. The summed E-state index contributed by atoms with van der Waals surface area (Å²) in [7, 11) is 1.49. The number of H-pyrrole nitrogens is 1. The number of para-hydroxylation sites is 1. The Bertz CT molecular complexity index is 904. The molecule has 0 aliphatic rings. The lowest BCUT2D eigenvalue weighted by molar-refractivity contribution is 0.295. The number of nitrogens with zero attached hydrogens (tertiary/aromatic N) is 2. The van der Waals surface area contributed by atoms with Crippen molar-refractivity contribution in [2.75, 3.05) is 19.5 Å². The summed E-state index contributed by atoms with van der Waals surface area (Å²) in [4.78, 5) is 14.4. The zero-order chi connectivity index (χ0) is 17.7. The van der Waals surface area contributed by atoms with Gasteiger partial charge in [-0.15, -0.1) is 0 Å². The average molecular weight is 324 g/mol. The second kappa shape index (κ2) is 7.21. The van der Waals surface area contributed by atoms with E-state index in [1.165, 1.54) is 7.11 Å². The highest BCUT2D eigenvalue weighted by Crippen LogP contribution is 2.41. The molecule has 0 bridgehead atoms. The Labute approximate surface area is 138 Å². The standard InChI is InChI=1S/C17H16N4O3/c1-3-7-24-15-10(5-4-6-13(15)23-2)14-11(8-18)16(20)21-17(22)12(14)9-19/h4-6H,3,7H2,1-2H3,(H3,20,21,22). The van der Waals surface area contributed by atoms with E-state index in [2.05, 4.69) is 4.98 Å². The van der Waals surface area contributed by atoms with E-state index in [9.17, 15) is 15.3 Å². The number of hydrogen-bond acceptors (Lipinski definition) is 6. The number of nitrogens with one attached hydrogen (secondary N) is 1. The minimum absolute atomic E-state index is 0.0146. The lowest BCUT2D eigenvalue weighted by Crippen LogP contribution is -2.16. The number of hydrogen-bond donors (Lipinski definition) is 2. The van der Waals surface area contributed by atoms with Crippen LogP contribution >= 0.6 is 0 Å². The van der Waals surface area contributed by atoms with Crippen LogP contribution in [0.5, 0.6) is 11.5 Å². The van der Waals surface area contributed by atoms with Crippen molar-refractivity contribution >= 4 is 5.82 Å². The number of rotatable bonds is 5. The molecule has 0 radical (unpaired) electrons. The molecular weight excluding hydrogens is 308 g/mol. The zero-order valence-electron chi connectivity index (χ0n) is 13.3. The molecule has 2 aromatic rings. The number of methoxy groups -OCH3 is 1. The van der Waals surface area contributed by atoms with E-state index in [1.807, 2.05) is 19.1 Å². The van der Waals surface area contributed by atoms with Crippen LogP contribution in [0.25, 0.3) is 11.1 Å². The van der Waals surface area contributed by atoms with Gasteiger partial charge in [0.05, 0.1) is 13.7 Å². The van der Waals surface area contributed by atoms with E-state index in [0.29, 0.717) is 23.7 Å². The Hall–Kier alpha value is -3.45. The topological polar surface area (TPSA) is 125 Å². The number of ether oxygens (including phenoxy) is 2. The van der Waals surface area contributed by atoms with E-state index in [0.717, 1.165) is 6.42 Å². The molecule has 122 valence electrons. The normalized spacial score (nSPS) is 9.83. The van der Waals surface area contributed by atoms with Crippen molar-refractivity contribution in [2.24, 2.45) is 0 Å². The molecule has 0 aliphatic heterocycles. The van der Waals surface area contributed by atoms with E-state index in [-0.39, 0.29) is 22.5 Å². The lowest BCUT2D eigenvalue weighted by Gasteiger charge is -2.16. The summed E-state index contributed by atoms with van der Waals surface area (Å²) in [5.74, 6) is 0.702. The summed E-state index contributed by atoms with van der Waals surface area (Å²) < 4.78 is 11.0. The highest BCUT2D eigenvalue weighted by molar-refractivity contribution is 5.84. The minimum Gasteiger partial charge on any atom is -0.493 e. The van der Waals surface area contributed by atoms with Crippen molar-refractivity contribution < 1.29 is 9.47 Å². The van der Waals surface area contributed by atoms with Gasteiger partial charge in [-0.3, -0.25) is 4.79 Å². The summed E-state index contributed by atoms with van der Waals surface area (Å²) in [6.45, 7) is 2.36. The number of aromatic amines is 1. The number of aromatic nitrogens is 1. The van der Waals surface area contributed by atoms with Gasteiger partial charge in [0.1, 0.15) is 29.1 Å². The number of nitrogen functional groups attached to an aromatic ring is 1. The maximum Gasteiger partial charge on any atom is 0.268 e. The van der Waals surface area contributed by atoms with Crippen LogP contribution in [0.3, 0.4) is 0 Å². The second-order valence-corrected chi connectivity index (χ2v) is 4.90. The van der Waals surface area contributed by atoms with Gasteiger partial charge < -0.3 is 20.2 Å². The van der Waals surface area contributed by atoms with E-state index in [4.69, 9.17) is 15.2 Å². The first-order valence-corrected chi connectivity index (χ1v) is 7.25. The fraction of sp³-hybridized carbons (Fsp3) is 0.235. The van der Waals surface area contributed by atoms with Crippen molar-refractivity contribution in [1.29, 1.82) is 10.5 Å². The zero-order valence-corrected chi connectivity index (χ0v) is 13.3.